The first-order chi connectivity index (χ1) is 12.3. The van der Waals surface area contributed by atoms with Crippen molar-refractivity contribution < 1.29 is 4.79 Å². The Bertz CT molecular complexity index is 308. The molecule has 0 spiro atoms. The SMILES string of the molecule is CCCCCCCCC=CCCCCCCCCNC(=O)NCCCl. The first-order valence-corrected chi connectivity index (χ1v) is 11.1. The van der Waals surface area contributed by atoms with Crippen molar-refractivity contribution in [2.45, 2.75) is 96.8 Å². The van der Waals surface area contributed by atoms with Gasteiger partial charge in [-0.2, -0.15) is 0 Å². The van der Waals surface area contributed by atoms with E-state index in [-0.39, 0.29) is 6.03 Å². The summed E-state index contributed by atoms with van der Waals surface area (Å²) in [6.45, 7) is 3.56. The van der Waals surface area contributed by atoms with E-state index in [4.69, 9.17) is 11.6 Å². The van der Waals surface area contributed by atoms with Crippen molar-refractivity contribution in [3.8, 4) is 0 Å². The van der Waals surface area contributed by atoms with Gasteiger partial charge in [0, 0.05) is 19.0 Å². The van der Waals surface area contributed by atoms with Crippen LogP contribution in [0.5, 0.6) is 0 Å². The van der Waals surface area contributed by atoms with E-state index >= 15 is 0 Å². The van der Waals surface area contributed by atoms with Gasteiger partial charge >= 0.3 is 6.03 Å². The van der Waals surface area contributed by atoms with Gasteiger partial charge in [-0.05, 0) is 32.1 Å². The summed E-state index contributed by atoms with van der Waals surface area (Å²) in [5.74, 6) is 0.460. The minimum Gasteiger partial charge on any atom is -0.338 e. The summed E-state index contributed by atoms with van der Waals surface area (Å²) >= 11 is 5.51. The lowest BCUT2D eigenvalue weighted by Crippen LogP contribution is -2.36. The quantitative estimate of drug-likeness (QED) is 0.159. The molecule has 0 saturated heterocycles. The van der Waals surface area contributed by atoms with Gasteiger partial charge in [-0.25, -0.2) is 4.79 Å². The zero-order chi connectivity index (χ0) is 18.4. The van der Waals surface area contributed by atoms with Crippen molar-refractivity contribution in [3.63, 3.8) is 0 Å². The third-order valence-corrected chi connectivity index (χ3v) is 4.54. The third kappa shape index (κ3) is 21.3. The zero-order valence-corrected chi connectivity index (χ0v) is 17.2. The highest BCUT2D eigenvalue weighted by molar-refractivity contribution is 6.18. The number of rotatable bonds is 18. The molecule has 2 N–H and O–H groups in total. The van der Waals surface area contributed by atoms with Crippen LogP contribution in [0.1, 0.15) is 96.8 Å². The van der Waals surface area contributed by atoms with Crippen LogP contribution in [0.3, 0.4) is 0 Å². The Labute approximate surface area is 161 Å². The van der Waals surface area contributed by atoms with E-state index in [0.717, 1.165) is 13.0 Å². The van der Waals surface area contributed by atoms with Crippen LogP contribution in [0.2, 0.25) is 0 Å². The van der Waals surface area contributed by atoms with E-state index in [9.17, 15) is 4.79 Å². The van der Waals surface area contributed by atoms with Crippen molar-refractivity contribution in [2.75, 3.05) is 19.0 Å². The van der Waals surface area contributed by atoms with Crippen LogP contribution in [-0.2, 0) is 0 Å². The van der Waals surface area contributed by atoms with Gasteiger partial charge < -0.3 is 10.6 Å². The lowest BCUT2D eigenvalue weighted by Gasteiger charge is -2.06. The van der Waals surface area contributed by atoms with Crippen LogP contribution in [0, 0.1) is 0 Å². The van der Waals surface area contributed by atoms with Gasteiger partial charge in [-0.1, -0.05) is 76.9 Å². The van der Waals surface area contributed by atoms with E-state index < -0.39 is 0 Å². The van der Waals surface area contributed by atoms with Crippen molar-refractivity contribution in [1.82, 2.24) is 10.6 Å². The van der Waals surface area contributed by atoms with Crippen molar-refractivity contribution >= 4 is 17.6 Å². The molecule has 4 heteroatoms. The Kier molecular flexibility index (Phi) is 20.7. The zero-order valence-electron chi connectivity index (χ0n) is 16.5. The summed E-state index contributed by atoms with van der Waals surface area (Å²) in [7, 11) is 0. The molecule has 148 valence electrons. The molecule has 2 amide bonds. The molecular weight excluding hydrogens is 332 g/mol. The molecule has 3 nitrogen and oxygen atoms in total. The molecule has 25 heavy (non-hydrogen) atoms. The number of carbonyl (C=O) groups excluding carboxylic acids is 1. The molecule has 0 saturated carbocycles. The van der Waals surface area contributed by atoms with Gasteiger partial charge in [0.05, 0.1) is 0 Å². The summed E-state index contributed by atoms with van der Waals surface area (Å²) in [5, 5.41) is 5.55. The maximum absolute atomic E-state index is 11.3. The number of alkyl halides is 1. The fraction of sp³-hybridized carbons (Fsp3) is 0.857. The number of urea groups is 1. The normalized spacial score (nSPS) is 11.1. The number of amides is 2. The Morgan fingerprint density at radius 1 is 0.720 bits per heavy atom. The Morgan fingerprint density at radius 2 is 1.20 bits per heavy atom. The predicted octanol–water partition coefficient (Wildman–Crippen LogP) is 6.56. The highest BCUT2D eigenvalue weighted by Crippen LogP contribution is 2.09. The molecule has 0 heterocycles. The summed E-state index contributed by atoms with van der Waals surface area (Å²) in [6.07, 6.45) is 23.0. The lowest BCUT2D eigenvalue weighted by molar-refractivity contribution is 0.241. The van der Waals surface area contributed by atoms with Gasteiger partial charge in [-0.15, -0.1) is 11.6 Å². The summed E-state index contributed by atoms with van der Waals surface area (Å²) < 4.78 is 0. The molecule has 0 atom stereocenters. The maximum atomic E-state index is 11.3. The number of unbranched alkanes of at least 4 members (excludes halogenated alkanes) is 12. The second-order valence-electron chi connectivity index (χ2n) is 6.81. The standard InChI is InChI=1S/C21H41ClN2O/c1-2-3-4-5-6-7-8-9-10-11-12-13-14-15-16-17-19-23-21(25)24-20-18-22/h9-10H,2-8,11-20H2,1H3,(H2,23,24,25). The molecule has 0 rings (SSSR count). The van der Waals surface area contributed by atoms with Crippen LogP contribution in [-0.4, -0.2) is 25.0 Å². The van der Waals surface area contributed by atoms with E-state index in [1.54, 1.807) is 0 Å². The molecule has 0 aromatic rings. The number of carbonyl (C=O) groups is 1. The molecule has 0 bridgehead atoms. The number of halogens is 1. The Hall–Kier alpha value is -0.700. The van der Waals surface area contributed by atoms with E-state index in [1.807, 2.05) is 0 Å². The summed E-state index contributed by atoms with van der Waals surface area (Å²) in [4.78, 5) is 11.3. The van der Waals surface area contributed by atoms with Gasteiger partial charge in [0.25, 0.3) is 0 Å². The molecule has 0 aliphatic carbocycles. The minimum atomic E-state index is -0.103. The molecule has 0 unspecified atom stereocenters. The van der Waals surface area contributed by atoms with Gasteiger partial charge in [-0.3, -0.25) is 0 Å². The van der Waals surface area contributed by atoms with E-state index in [2.05, 4.69) is 29.7 Å². The van der Waals surface area contributed by atoms with Crippen LogP contribution < -0.4 is 10.6 Å². The monoisotopic (exact) mass is 372 g/mol. The first-order valence-electron chi connectivity index (χ1n) is 10.5. The van der Waals surface area contributed by atoms with Crippen LogP contribution in [0.15, 0.2) is 12.2 Å². The Morgan fingerprint density at radius 3 is 1.76 bits per heavy atom. The van der Waals surface area contributed by atoms with Crippen LogP contribution in [0.25, 0.3) is 0 Å². The maximum Gasteiger partial charge on any atom is 0.314 e. The molecular formula is C21H41ClN2O. The summed E-state index contributed by atoms with van der Waals surface area (Å²) in [6, 6.07) is -0.103. The third-order valence-electron chi connectivity index (χ3n) is 4.35. The van der Waals surface area contributed by atoms with Crippen molar-refractivity contribution in [1.29, 1.82) is 0 Å². The largest absolute Gasteiger partial charge is 0.338 e. The van der Waals surface area contributed by atoms with Gasteiger partial charge in [0.2, 0.25) is 0 Å². The fourth-order valence-electron chi connectivity index (χ4n) is 2.80. The van der Waals surface area contributed by atoms with Crippen molar-refractivity contribution in [3.05, 3.63) is 12.2 Å². The number of hydrogen-bond donors (Lipinski definition) is 2. The average molecular weight is 373 g/mol. The topological polar surface area (TPSA) is 41.1 Å². The average Bonchev–Trinajstić information content (AvgIpc) is 2.62. The Balaban J connectivity index is 3.13. The van der Waals surface area contributed by atoms with Crippen LogP contribution in [0.4, 0.5) is 4.79 Å². The van der Waals surface area contributed by atoms with Gasteiger partial charge in [0.15, 0.2) is 0 Å². The molecule has 0 fully saturated rings. The van der Waals surface area contributed by atoms with Gasteiger partial charge in [0.1, 0.15) is 0 Å². The highest BCUT2D eigenvalue weighted by atomic mass is 35.5. The predicted molar refractivity (Wildman–Crippen MR) is 112 cm³/mol. The highest BCUT2D eigenvalue weighted by Gasteiger charge is 1.97. The fourth-order valence-corrected chi connectivity index (χ4v) is 2.89. The lowest BCUT2D eigenvalue weighted by atomic mass is 10.1. The van der Waals surface area contributed by atoms with Crippen LogP contribution >= 0.6 is 11.6 Å². The van der Waals surface area contributed by atoms with E-state index in [1.165, 1.54) is 83.5 Å². The van der Waals surface area contributed by atoms with Crippen molar-refractivity contribution in [2.24, 2.45) is 0 Å². The second-order valence-corrected chi connectivity index (χ2v) is 7.19. The number of hydrogen-bond acceptors (Lipinski definition) is 1. The molecule has 0 aromatic heterocycles. The second kappa shape index (κ2) is 21.3. The number of allylic oxidation sites excluding steroid dienone is 2. The van der Waals surface area contributed by atoms with E-state index in [0.29, 0.717) is 12.4 Å². The molecule has 0 aliphatic heterocycles. The smallest absolute Gasteiger partial charge is 0.314 e. The molecule has 0 aliphatic rings. The summed E-state index contributed by atoms with van der Waals surface area (Å²) in [5.41, 5.74) is 0. The number of nitrogens with one attached hydrogen (secondary N) is 2. The minimum absolute atomic E-state index is 0.103. The first kappa shape index (κ1) is 24.3. The molecule has 0 aromatic carbocycles. The molecule has 0 radical (unpaired) electrons.